The third-order valence-electron chi connectivity index (χ3n) is 10.1. The number of hydrogen-bond donors (Lipinski definition) is 17. The maximum atomic E-state index is 14.1. The highest BCUT2D eigenvalue weighted by Gasteiger charge is 2.35. The predicted octanol–water partition coefficient (Wildman–Crippen LogP) is -6.68. The summed E-state index contributed by atoms with van der Waals surface area (Å²) in [6.07, 6.45) is -3.39. The molecule has 22 N–H and O–H groups in total. The largest absolute Gasteiger partial charge is 0.481 e. The molecule has 0 spiro atoms. The van der Waals surface area contributed by atoms with Crippen molar-refractivity contribution in [3.8, 4) is 0 Å². The summed E-state index contributed by atoms with van der Waals surface area (Å²) in [6.45, 7) is 2.07. The van der Waals surface area contributed by atoms with Crippen LogP contribution in [0.15, 0.2) is 9.98 Å². The highest BCUT2D eigenvalue weighted by molar-refractivity contribution is 7.98. The number of nitrogens with one attached hydrogen (secondary N) is 8. The number of nitrogens with two attached hydrogens (primary N) is 5. The maximum Gasteiger partial charge on any atom is 0.305 e. The van der Waals surface area contributed by atoms with Crippen LogP contribution in [0.5, 0.6) is 0 Å². The van der Waals surface area contributed by atoms with E-state index in [0.717, 1.165) is 6.92 Å². The fourth-order valence-corrected chi connectivity index (χ4v) is 6.81. The first-order chi connectivity index (χ1) is 34.6. The van der Waals surface area contributed by atoms with Crippen LogP contribution in [0.1, 0.15) is 90.9 Å². The number of aliphatic imine (C=N–C) groups is 2. The van der Waals surface area contributed by atoms with Gasteiger partial charge >= 0.3 is 23.9 Å². The summed E-state index contributed by atoms with van der Waals surface area (Å²) in [5.74, 6) is -15.4. The number of carboxylic acid groups (broad SMARTS) is 4. The minimum Gasteiger partial charge on any atom is -0.481 e. The van der Waals surface area contributed by atoms with E-state index in [4.69, 9.17) is 38.9 Å². The van der Waals surface area contributed by atoms with Crippen molar-refractivity contribution in [1.29, 1.82) is 0 Å². The number of carboxylic acids is 4. The number of carbonyl (C=O) groups excluding carboxylic acids is 9. The van der Waals surface area contributed by atoms with Gasteiger partial charge in [-0.2, -0.15) is 11.8 Å². The van der Waals surface area contributed by atoms with Gasteiger partial charge in [0, 0.05) is 39.3 Å². The third kappa shape index (κ3) is 29.4. The Hall–Kier alpha value is -8.00. The van der Waals surface area contributed by atoms with Crippen LogP contribution in [0.25, 0.3) is 0 Å². The second-order valence-corrected chi connectivity index (χ2v) is 17.3. The average Bonchev–Trinajstić information content (AvgIpc) is 3.29. The number of carbonyl (C=O) groups is 13. The Kier molecular flexibility index (Phi) is 31.4. The molecule has 0 unspecified atom stereocenters. The van der Waals surface area contributed by atoms with Gasteiger partial charge < -0.3 is 91.6 Å². The molecule has 416 valence electrons. The molecule has 0 aliphatic rings. The Morgan fingerprint density at radius 1 is 0.432 bits per heavy atom. The lowest BCUT2D eigenvalue weighted by molar-refractivity contribution is -0.141. The molecule has 0 aromatic rings. The summed E-state index contributed by atoms with van der Waals surface area (Å²) >= 11 is 1.22. The van der Waals surface area contributed by atoms with Gasteiger partial charge in [-0.25, -0.2) is 0 Å². The molecule has 9 amide bonds. The first kappa shape index (κ1) is 66.0. The summed E-state index contributed by atoms with van der Waals surface area (Å²) in [7, 11) is 0. The second-order valence-electron chi connectivity index (χ2n) is 16.3. The van der Waals surface area contributed by atoms with Crippen LogP contribution < -0.4 is 71.2 Å². The lowest BCUT2D eigenvalue weighted by Crippen LogP contribution is -2.60. The van der Waals surface area contributed by atoms with E-state index in [-0.39, 0.29) is 62.9 Å². The Labute approximate surface area is 428 Å². The van der Waals surface area contributed by atoms with Crippen LogP contribution in [-0.4, -0.2) is 183 Å². The Morgan fingerprint density at radius 3 is 1.04 bits per heavy atom. The number of aliphatic carboxylic acids is 4. The van der Waals surface area contributed by atoms with Crippen molar-refractivity contribution >= 4 is 101 Å². The van der Waals surface area contributed by atoms with Crippen LogP contribution >= 0.6 is 11.8 Å². The molecule has 0 heterocycles. The fourth-order valence-electron chi connectivity index (χ4n) is 6.34. The maximum absolute atomic E-state index is 14.1. The molecule has 8 atom stereocenters. The zero-order chi connectivity index (χ0) is 56.7. The minimum atomic E-state index is -1.75. The van der Waals surface area contributed by atoms with Crippen LogP contribution in [0.2, 0.25) is 0 Å². The molecule has 0 aromatic carbocycles. The topological polar surface area (TPSA) is 554 Å². The summed E-state index contributed by atoms with van der Waals surface area (Å²) in [5.41, 5.74) is 26.9. The van der Waals surface area contributed by atoms with Crippen molar-refractivity contribution in [3.63, 3.8) is 0 Å². The lowest BCUT2D eigenvalue weighted by atomic mass is 10.0. The highest BCUT2D eigenvalue weighted by atomic mass is 32.2. The molecular weight excluding hydrogens is 1010 g/mol. The lowest BCUT2D eigenvalue weighted by Gasteiger charge is -2.28. The Bertz CT molecular complexity index is 2070. The zero-order valence-corrected chi connectivity index (χ0v) is 41.8. The number of amides is 9. The number of rotatable bonds is 38. The standard InChI is InChI=1S/C41H69N15O17S/c1-19(33(67)56-27(32(42)66)18-31(64)65)49-34(68)21(6-4-15-47-40(43)44)51-35(69)22(7-5-16-48-41(45)46)52-37(71)24(9-12-29(60)61)54-39(73)26(14-17-74-3)55-38(72)25(10-13-30(62)63)53-36(70)23(50-20(2)57)8-11-28(58)59/h19,21-27H,4-18H2,1-3H3,(H2,42,66)(H,49,68)(H,50,57)(H,51,69)(H,52,71)(H,53,70)(H,54,73)(H,55,72)(H,56,67)(H,58,59)(H,60,61)(H,62,63)(H,64,65)(H4,43,44,47)(H4,45,46,48)/t19-,21-,22-,23-,24-,25-,26-,27-/m0/s1. The first-order valence-corrected chi connectivity index (χ1v) is 24.1. The van der Waals surface area contributed by atoms with Gasteiger partial charge in [0.25, 0.3) is 0 Å². The molecule has 0 saturated heterocycles. The molecule has 0 fully saturated rings. The van der Waals surface area contributed by atoms with Crippen molar-refractivity contribution in [3.05, 3.63) is 0 Å². The van der Waals surface area contributed by atoms with Gasteiger partial charge in [0.15, 0.2) is 11.9 Å². The van der Waals surface area contributed by atoms with Crippen LogP contribution in [0, 0.1) is 0 Å². The van der Waals surface area contributed by atoms with Crippen molar-refractivity contribution < 1.29 is 82.8 Å². The van der Waals surface area contributed by atoms with Crippen molar-refractivity contribution in [2.24, 2.45) is 38.7 Å². The highest BCUT2D eigenvalue weighted by Crippen LogP contribution is 2.10. The molecular formula is C41H69N15O17S. The van der Waals surface area contributed by atoms with Crippen molar-refractivity contribution in [2.45, 2.75) is 139 Å². The van der Waals surface area contributed by atoms with E-state index in [1.54, 1.807) is 6.26 Å². The molecule has 0 aromatic heterocycles. The number of nitrogens with zero attached hydrogens (tertiary/aromatic N) is 2. The van der Waals surface area contributed by atoms with Crippen molar-refractivity contribution in [2.75, 3.05) is 25.1 Å². The second kappa shape index (κ2) is 35.2. The van der Waals surface area contributed by atoms with E-state index in [0.29, 0.717) is 0 Å². The fraction of sp³-hybridized carbons (Fsp3) is 0.634. The number of primary amides is 1. The molecule has 0 aliphatic carbocycles. The summed E-state index contributed by atoms with van der Waals surface area (Å²) in [4.78, 5) is 172. The average molecular weight is 1080 g/mol. The quantitative estimate of drug-likeness (QED) is 0.0155. The minimum absolute atomic E-state index is 0.00809. The molecule has 0 radical (unpaired) electrons. The predicted molar refractivity (Wildman–Crippen MR) is 262 cm³/mol. The Balaban J connectivity index is 6.92. The van der Waals surface area contributed by atoms with Crippen LogP contribution in [0.4, 0.5) is 0 Å². The smallest absolute Gasteiger partial charge is 0.305 e. The molecule has 0 aliphatic heterocycles. The van der Waals surface area contributed by atoms with E-state index in [1.807, 2.05) is 0 Å². The zero-order valence-electron chi connectivity index (χ0n) is 41.0. The summed E-state index contributed by atoms with van der Waals surface area (Å²) < 4.78 is 0. The number of thioether (sulfide) groups is 1. The summed E-state index contributed by atoms with van der Waals surface area (Å²) in [5, 5.41) is 55.8. The molecule has 74 heavy (non-hydrogen) atoms. The number of guanidine groups is 2. The van der Waals surface area contributed by atoms with E-state index < -0.39 is 170 Å². The van der Waals surface area contributed by atoms with E-state index in [2.05, 4.69) is 52.5 Å². The molecule has 32 nitrogen and oxygen atoms in total. The van der Waals surface area contributed by atoms with E-state index in [9.17, 15) is 72.5 Å². The monoisotopic (exact) mass is 1080 g/mol. The van der Waals surface area contributed by atoms with Gasteiger partial charge in [-0.05, 0) is 70.3 Å². The molecule has 0 saturated carbocycles. The van der Waals surface area contributed by atoms with E-state index >= 15 is 0 Å². The Morgan fingerprint density at radius 2 is 0.743 bits per heavy atom. The van der Waals surface area contributed by atoms with Crippen molar-refractivity contribution in [1.82, 2.24) is 42.5 Å². The molecule has 0 bridgehead atoms. The third-order valence-corrected chi connectivity index (χ3v) is 10.7. The molecule has 33 heteroatoms. The van der Waals surface area contributed by atoms with Crippen LogP contribution in [0.3, 0.4) is 0 Å². The summed E-state index contributed by atoms with van der Waals surface area (Å²) in [6, 6.07) is -12.7. The number of hydrogen-bond acceptors (Lipinski definition) is 16. The van der Waals surface area contributed by atoms with E-state index in [1.165, 1.54) is 18.7 Å². The normalized spacial score (nSPS) is 13.9. The van der Waals surface area contributed by atoms with Gasteiger partial charge in [0.05, 0.1) is 6.42 Å². The van der Waals surface area contributed by atoms with Gasteiger partial charge in [0.1, 0.15) is 48.3 Å². The SMILES string of the molecule is CSCC[C@H](NC(=O)[C@H](CCC(=O)O)NC(=O)[C@H](CCC(=O)O)NC(C)=O)C(=O)N[C@@H](CCC(=O)O)C(=O)N[C@@H](CCCN=C(N)N)C(=O)N[C@@H](CCCN=C(N)N)C(=O)N[C@@H](C)C(=O)N[C@@H](CC(=O)O)C(N)=O. The first-order valence-electron chi connectivity index (χ1n) is 22.7. The van der Waals surface area contributed by atoms with Gasteiger partial charge in [-0.3, -0.25) is 72.3 Å². The van der Waals surface area contributed by atoms with Gasteiger partial charge in [-0.1, -0.05) is 0 Å². The van der Waals surface area contributed by atoms with Crippen LogP contribution in [-0.2, 0) is 62.3 Å². The molecule has 0 rings (SSSR count). The van der Waals surface area contributed by atoms with Gasteiger partial charge in [0.2, 0.25) is 53.2 Å². The van der Waals surface area contributed by atoms with Gasteiger partial charge in [-0.15, -0.1) is 0 Å².